The number of ether oxygens (including phenoxy) is 2. The minimum Gasteiger partial charge on any atom is -0.481 e. The molecule has 0 aliphatic carbocycles. The van der Waals surface area contributed by atoms with Crippen molar-refractivity contribution in [3.05, 3.63) is 101 Å². The molecule has 1 aliphatic heterocycles. The highest BCUT2D eigenvalue weighted by Crippen LogP contribution is 2.46. The summed E-state index contributed by atoms with van der Waals surface area (Å²) in [7, 11) is -10.2. The standard InChI is InChI=1S/C31H29ClFN7O6S2/c1-20-12-23(17-34-15-20)47(41,42)40(48(43,44)24-13-21(2)16-35-18-24)30-25(22-8-4-3-5-9-22)14-26(32)31(29(30)33)46-19-27-36-38-39(37-27)28-10-6-7-11-45-28/h3-5,8-9,12-18,28H,6-7,10-11,19H2,1-2H3. The Balaban J connectivity index is 1.54. The van der Waals surface area contributed by atoms with Gasteiger partial charge in [0, 0.05) is 37.0 Å². The molecule has 0 spiro atoms. The monoisotopic (exact) mass is 713 g/mol. The molecule has 0 bridgehead atoms. The minimum atomic E-state index is -5.09. The highest BCUT2D eigenvalue weighted by molar-refractivity contribution is 8.10. The van der Waals surface area contributed by atoms with Gasteiger partial charge >= 0.3 is 0 Å². The van der Waals surface area contributed by atoms with Crippen LogP contribution in [-0.2, 0) is 31.4 Å². The van der Waals surface area contributed by atoms with Crippen LogP contribution in [0.2, 0.25) is 5.02 Å². The van der Waals surface area contributed by atoms with E-state index >= 15 is 4.39 Å². The molecule has 1 fully saturated rings. The van der Waals surface area contributed by atoms with Crippen LogP contribution in [0.5, 0.6) is 5.75 Å². The highest BCUT2D eigenvalue weighted by atomic mass is 35.5. The molecule has 250 valence electrons. The molecule has 13 nitrogen and oxygen atoms in total. The lowest BCUT2D eigenvalue weighted by atomic mass is 10.0. The van der Waals surface area contributed by atoms with Gasteiger partial charge in [-0.25, -0.2) is 4.39 Å². The van der Waals surface area contributed by atoms with Crippen molar-refractivity contribution in [1.82, 2.24) is 30.2 Å². The Kier molecular flexibility index (Phi) is 9.42. The first-order valence-corrected chi connectivity index (χ1v) is 18.0. The largest absolute Gasteiger partial charge is 0.481 e. The van der Waals surface area contributed by atoms with Gasteiger partial charge in [0.2, 0.25) is 5.82 Å². The average molecular weight is 714 g/mol. The van der Waals surface area contributed by atoms with E-state index in [0.717, 1.165) is 25.2 Å². The summed E-state index contributed by atoms with van der Waals surface area (Å²) in [4.78, 5) is 8.20. The molecule has 1 atom stereocenters. The Morgan fingerprint density at radius 1 is 0.958 bits per heavy atom. The van der Waals surface area contributed by atoms with E-state index in [2.05, 4.69) is 25.4 Å². The van der Waals surface area contributed by atoms with E-state index in [4.69, 9.17) is 21.1 Å². The van der Waals surface area contributed by atoms with Gasteiger partial charge in [-0.05, 0) is 73.2 Å². The molecule has 2 aromatic carbocycles. The summed E-state index contributed by atoms with van der Waals surface area (Å²) in [5, 5.41) is 12.0. The summed E-state index contributed by atoms with van der Waals surface area (Å²) in [6, 6.07) is 11.8. The quantitative estimate of drug-likeness (QED) is 0.182. The molecule has 48 heavy (non-hydrogen) atoms. The lowest BCUT2D eigenvalue weighted by Crippen LogP contribution is -2.38. The average Bonchev–Trinajstić information content (AvgIpc) is 3.55. The van der Waals surface area contributed by atoms with E-state index in [1.807, 2.05) is 0 Å². The van der Waals surface area contributed by atoms with Crippen LogP contribution in [0.3, 0.4) is 0 Å². The maximum absolute atomic E-state index is 17.1. The lowest BCUT2D eigenvalue weighted by molar-refractivity contribution is -0.0491. The molecule has 17 heteroatoms. The van der Waals surface area contributed by atoms with E-state index in [1.54, 1.807) is 44.2 Å². The number of pyridine rings is 2. The third-order valence-electron chi connectivity index (χ3n) is 7.38. The van der Waals surface area contributed by atoms with Crippen molar-refractivity contribution >= 4 is 37.3 Å². The molecule has 3 aromatic heterocycles. The summed E-state index contributed by atoms with van der Waals surface area (Å²) in [5.41, 5.74) is 0.132. The summed E-state index contributed by atoms with van der Waals surface area (Å²) < 4.78 is 86.4. The van der Waals surface area contributed by atoms with Gasteiger partial charge in [-0.3, -0.25) is 9.97 Å². The molecule has 1 aliphatic rings. The number of rotatable bonds is 10. The second-order valence-corrected chi connectivity index (χ2v) is 15.2. The van der Waals surface area contributed by atoms with Gasteiger partial charge in [-0.2, -0.15) is 20.5 Å². The lowest BCUT2D eigenvalue weighted by Gasteiger charge is -2.27. The van der Waals surface area contributed by atoms with E-state index in [-0.39, 0.29) is 25.7 Å². The van der Waals surface area contributed by atoms with Gasteiger partial charge in [-0.15, -0.1) is 15.0 Å². The molecule has 6 rings (SSSR count). The van der Waals surface area contributed by atoms with Gasteiger partial charge in [0.25, 0.3) is 20.0 Å². The first kappa shape index (κ1) is 33.4. The molecule has 0 N–H and O–H groups in total. The number of anilines is 1. The van der Waals surface area contributed by atoms with Crippen molar-refractivity contribution in [2.45, 2.75) is 55.7 Å². The van der Waals surface area contributed by atoms with Crippen LogP contribution >= 0.6 is 11.6 Å². The third kappa shape index (κ3) is 6.60. The number of tetrazole rings is 1. The number of nitrogens with zero attached hydrogens (tertiary/aromatic N) is 7. The predicted octanol–water partition coefficient (Wildman–Crippen LogP) is 5.40. The van der Waals surface area contributed by atoms with Gasteiger partial charge < -0.3 is 9.47 Å². The van der Waals surface area contributed by atoms with Gasteiger partial charge in [0.15, 0.2) is 24.4 Å². The van der Waals surface area contributed by atoms with Crippen molar-refractivity contribution < 1.29 is 30.7 Å². The number of sulfonamides is 2. The fraction of sp³-hybridized carbons (Fsp3) is 0.258. The Labute approximate surface area is 281 Å². The van der Waals surface area contributed by atoms with E-state index in [9.17, 15) is 16.8 Å². The molecular weight excluding hydrogens is 685 g/mol. The van der Waals surface area contributed by atoms with Crippen LogP contribution < -0.4 is 8.45 Å². The molecule has 0 amide bonds. The number of hydrogen-bond donors (Lipinski definition) is 0. The zero-order valence-electron chi connectivity index (χ0n) is 25.7. The van der Waals surface area contributed by atoms with Crippen LogP contribution in [0.15, 0.2) is 83.1 Å². The maximum Gasteiger partial charge on any atom is 0.279 e. The van der Waals surface area contributed by atoms with E-state index in [1.165, 1.54) is 35.4 Å². The SMILES string of the molecule is Cc1cncc(S(=O)(=O)N(c2c(-c3ccccc3)cc(Cl)c(OCc3nnn(C4CCCCO4)n3)c2F)S(=O)(=O)c2cncc(C)c2)c1. The number of aromatic nitrogens is 6. The van der Waals surface area contributed by atoms with Crippen molar-refractivity contribution in [3.8, 4) is 16.9 Å². The molecular formula is C31H29ClFN7O6S2. The predicted molar refractivity (Wildman–Crippen MR) is 173 cm³/mol. The van der Waals surface area contributed by atoms with Crippen LogP contribution in [0, 0.1) is 19.7 Å². The third-order valence-corrected chi connectivity index (χ3v) is 11.7. The topological polar surface area (TPSA) is 159 Å². The van der Waals surface area contributed by atoms with Crippen LogP contribution in [0.1, 0.15) is 42.4 Å². The summed E-state index contributed by atoms with van der Waals surface area (Å²) >= 11 is 6.57. The van der Waals surface area contributed by atoms with Crippen molar-refractivity contribution in [2.75, 3.05) is 10.3 Å². The number of benzene rings is 2. The van der Waals surface area contributed by atoms with Crippen molar-refractivity contribution in [2.24, 2.45) is 0 Å². The highest BCUT2D eigenvalue weighted by Gasteiger charge is 2.42. The second kappa shape index (κ2) is 13.5. The van der Waals surface area contributed by atoms with Crippen LogP contribution in [-0.4, -0.2) is 53.6 Å². The Morgan fingerprint density at radius 2 is 1.60 bits per heavy atom. The normalized spacial score (nSPS) is 15.3. The fourth-order valence-electron chi connectivity index (χ4n) is 5.12. The summed E-state index contributed by atoms with van der Waals surface area (Å²) in [6.45, 7) is 3.29. The number of halogens is 2. The summed E-state index contributed by atoms with van der Waals surface area (Å²) in [6.07, 6.45) is 6.89. The maximum atomic E-state index is 17.1. The second-order valence-electron chi connectivity index (χ2n) is 11.0. The molecule has 1 unspecified atom stereocenters. The van der Waals surface area contributed by atoms with Gasteiger partial charge in [0.05, 0.1) is 5.02 Å². The number of hydrogen-bond acceptors (Lipinski definition) is 11. The Hall–Kier alpha value is -4.51. The molecule has 4 heterocycles. The molecule has 0 saturated carbocycles. The smallest absolute Gasteiger partial charge is 0.279 e. The first-order chi connectivity index (χ1) is 23.0. The minimum absolute atomic E-state index is 0.0444. The van der Waals surface area contributed by atoms with Crippen molar-refractivity contribution in [3.63, 3.8) is 0 Å². The molecule has 5 aromatic rings. The fourth-order valence-corrected chi connectivity index (χ4v) is 9.19. The number of aryl methyl sites for hydroxylation is 2. The van der Waals surface area contributed by atoms with Crippen LogP contribution in [0.4, 0.5) is 10.1 Å². The van der Waals surface area contributed by atoms with Gasteiger partial charge in [-0.1, -0.05) is 41.9 Å². The zero-order valence-corrected chi connectivity index (χ0v) is 28.1. The summed E-state index contributed by atoms with van der Waals surface area (Å²) in [5.74, 6) is -1.93. The van der Waals surface area contributed by atoms with E-state index in [0.29, 0.717) is 24.2 Å². The van der Waals surface area contributed by atoms with Crippen LogP contribution in [0.25, 0.3) is 11.1 Å². The first-order valence-electron chi connectivity index (χ1n) is 14.7. The Bertz CT molecular complexity index is 2110. The zero-order chi connectivity index (χ0) is 34.1. The van der Waals surface area contributed by atoms with Crippen molar-refractivity contribution in [1.29, 1.82) is 0 Å². The Morgan fingerprint density at radius 3 is 2.19 bits per heavy atom. The van der Waals surface area contributed by atoms with E-state index < -0.39 is 59.9 Å². The molecule has 1 saturated heterocycles. The van der Waals surface area contributed by atoms with Gasteiger partial charge in [0.1, 0.15) is 15.5 Å². The molecule has 0 radical (unpaired) electrons.